The van der Waals surface area contributed by atoms with E-state index in [1.54, 1.807) is 0 Å². The Balaban J connectivity index is -0.000000720. The van der Waals surface area contributed by atoms with Crippen LogP contribution in [-0.2, 0) is 20.8 Å². The van der Waals surface area contributed by atoms with Gasteiger partial charge in [-0.3, -0.25) is 4.90 Å². The summed E-state index contributed by atoms with van der Waals surface area (Å²) in [7, 11) is 0. The molecule has 0 saturated heterocycles. The third-order valence-corrected chi connectivity index (χ3v) is 1.80. The molecule has 0 fully saturated rings. The van der Waals surface area contributed by atoms with Crippen molar-refractivity contribution in [3.05, 3.63) is 0 Å². The van der Waals surface area contributed by atoms with Crippen molar-refractivity contribution in [2.45, 2.75) is 0 Å². The van der Waals surface area contributed by atoms with Gasteiger partial charge in [0, 0.05) is 13.1 Å². The molecule has 0 radical (unpaired) electrons. The fourth-order valence-corrected chi connectivity index (χ4v) is 1.47. The van der Waals surface area contributed by atoms with Crippen molar-refractivity contribution in [2.75, 3.05) is 25.2 Å². The molecule has 0 aromatic carbocycles. The van der Waals surface area contributed by atoms with Crippen molar-refractivity contribution in [1.82, 2.24) is 4.90 Å². The van der Waals surface area contributed by atoms with Gasteiger partial charge in [0.15, 0.2) is 5.88 Å². The second-order valence-corrected chi connectivity index (χ2v) is 3.84. The van der Waals surface area contributed by atoms with Crippen LogP contribution in [0, 0.1) is 0 Å². The van der Waals surface area contributed by atoms with Crippen LogP contribution in [-0.4, -0.2) is 46.6 Å². The molecular weight excluding hydrogens is 244 g/mol. The van der Waals surface area contributed by atoms with E-state index in [0.717, 1.165) is 4.90 Å². The first-order chi connectivity index (χ1) is 5.91. The average Bonchev–Trinajstić information content (AvgIpc) is 1.80. The molecule has 0 aromatic rings. The van der Waals surface area contributed by atoms with E-state index in [9.17, 15) is 24.4 Å². The molecule has 0 N–H and O–H groups in total. The normalized spacial score (nSPS) is 11.1. The second kappa shape index (κ2) is 11.7. The summed E-state index contributed by atoms with van der Waals surface area (Å²) in [5.41, 5.74) is 0. The van der Waals surface area contributed by atoms with Gasteiger partial charge in [-0.1, -0.05) is 0 Å². The second-order valence-electron chi connectivity index (χ2n) is 2.43. The summed E-state index contributed by atoms with van der Waals surface area (Å²) >= 11 is -1.28. The maximum atomic E-state index is 10.7. The Bertz CT molecular complexity index is 188. The molecule has 1 atom stereocenters. The van der Waals surface area contributed by atoms with Gasteiger partial charge in [0.25, 0.3) is 0 Å². The Hall–Kier alpha value is 1.21. The van der Waals surface area contributed by atoms with E-state index in [4.69, 9.17) is 0 Å². The Kier molecular flexibility index (Phi) is 16.7. The van der Waals surface area contributed by atoms with E-state index in [-0.39, 0.29) is 65.0 Å². The molecule has 0 heterocycles. The maximum Gasteiger partial charge on any atom is 1.00 e. The minimum Gasteiger partial charge on any atom is -0.616 e. The molecule has 0 bridgehead atoms. The first kappa shape index (κ1) is 21.5. The minimum atomic E-state index is -1.41. The molecule has 6 nitrogen and oxygen atoms in total. The Morgan fingerprint density at radius 3 is 1.67 bits per heavy atom. The largest absolute Gasteiger partial charge is 1.00 e. The van der Waals surface area contributed by atoms with Crippen LogP contribution in [0.25, 0.3) is 0 Å². The molecule has 9 heteroatoms. The zero-order valence-corrected chi connectivity index (χ0v) is 13.8. The van der Waals surface area contributed by atoms with Crippen molar-refractivity contribution in [3.63, 3.8) is 0 Å². The number of carbonyl (C=O) groups excluding carboxylic acids is 2. The van der Waals surface area contributed by atoms with E-state index in [1.165, 1.54) is 6.26 Å². The maximum absolute atomic E-state index is 10.7. The summed E-state index contributed by atoms with van der Waals surface area (Å²) in [6.07, 6.45) is 1.34. The van der Waals surface area contributed by atoms with Gasteiger partial charge in [0.05, 0.1) is 18.2 Å². The molecule has 0 amide bonds. The van der Waals surface area contributed by atoms with Crippen molar-refractivity contribution >= 4 is 23.1 Å². The van der Waals surface area contributed by atoms with Gasteiger partial charge in [0.2, 0.25) is 0 Å². The van der Waals surface area contributed by atoms with Gasteiger partial charge in [-0.05, 0) is 11.2 Å². The summed E-state index contributed by atoms with van der Waals surface area (Å²) in [4.78, 5) is 21.2. The van der Waals surface area contributed by atoms with E-state index in [2.05, 4.69) is 0 Å². The van der Waals surface area contributed by atoms with Crippen molar-refractivity contribution in [3.8, 4) is 0 Å². The molecule has 0 rings (SSSR count). The summed E-state index contributed by atoms with van der Waals surface area (Å²) in [5, 5.41) is 20.2. The van der Waals surface area contributed by atoms with Crippen LogP contribution < -0.4 is 69.3 Å². The van der Waals surface area contributed by atoms with Gasteiger partial charge >= 0.3 is 59.1 Å². The molecule has 0 aliphatic carbocycles. The molecule has 0 spiro atoms. The van der Waals surface area contributed by atoms with Crippen LogP contribution in [0.15, 0.2) is 0 Å². The van der Waals surface area contributed by atoms with Crippen LogP contribution in [0.5, 0.6) is 0 Å². The molecule has 1 unspecified atom stereocenters. The third kappa shape index (κ3) is 15.2. The number of carboxylic acid groups (broad SMARTS) is 2. The van der Waals surface area contributed by atoms with E-state index >= 15 is 0 Å². The standard InChI is InChI=1S/C6H11NO5S.2Na/c1-13(12)4-7(2-5(8)9)3-6(10)11;;/h2-4H2,1H3,(H,8,9)(H,10,11);;/q;2*+1/p-2. The zero-order chi connectivity index (χ0) is 10.4. The van der Waals surface area contributed by atoms with Crippen LogP contribution in [0.2, 0.25) is 0 Å². The molecular formula is C6H9NNa2O5S. The molecule has 76 valence electrons. The summed E-state index contributed by atoms with van der Waals surface area (Å²) in [5.74, 6) is -2.94. The smallest absolute Gasteiger partial charge is 0.616 e. The van der Waals surface area contributed by atoms with Gasteiger partial charge in [-0.25, -0.2) is 0 Å². The number of aliphatic carboxylic acids is 2. The molecule has 0 saturated carbocycles. The molecule has 0 aliphatic heterocycles. The van der Waals surface area contributed by atoms with Crippen LogP contribution in [0.4, 0.5) is 0 Å². The predicted molar refractivity (Wildman–Crippen MR) is 40.5 cm³/mol. The summed E-state index contributed by atoms with van der Waals surface area (Å²) < 4.78 is 10.7. The van der Waals surface area contributed by atoms with E-state index in [1.807, 2.05) is 0 Å². The fraction of sp³-hybridized carbons (Fsp3) is 0.667. The van der Waals surface area contributed by atoms with Gasteiger partial charge in [-0.2, -0.15) is 0 Å². The SMILES string of the molecule is C[S+]([O-])CN(CC(=O)[O-])CC(=O)[O-].[Na+].[Na+]. The topological polar surface area (TPSA) is 107 Å². The molecule has 15 heavy (non-hydrogen) atoms. The predicted octanol–water partition coefficient (Wildman–Crippen LogP) is -9.87. The quantitative estimate of drug-likeness (QED) is 0.343. The van der Waals surface area contributed by atoms with Crippen LogP contribution >= 0.6 is 0 Å². The van der Waals surface area contributed by atoms with Gasteiger partial charge in [0.1, 0.15) is 0 Å². The number of rotatable bonds is 6. The Morgan fingerprint density at radius 2 is 1.47 bits per heavy atom. The monoisotopic (exact) mass is 253 g/mol. The first-order valence-electron chi connectivity index (χ1n) is 3.34. The number of carbonyl (C=O) groups is 2. The first-order valence-corrected chi connectivity index (χ1v) is 5.06. The third-order valence-electron chi connectivity index (χ3n) is 1.07. The van der Waals surface area contributed by atoms with Gasteiger partial charge < -0.3 is 24.4 Å². The molecule has 0 aliphatic rings. The van der Waals surface area contributed by atoms with Crippen molar-refractivity contribution in [2.24, 2.45) is 0 Å². The molecule has 0 aromatic heterocycles. The summed E-state index contributed by atoms with van der Waals surface area (Å²) in [6, 6.07) is 0. The fourth-order valence-electron chi connectivity index (χ4n) is 0.769. The number of hydrogen-bond donors (Lipinski definition) is 0. The Labute approximate surface area is 135 Å². The minimum absolute atomic E-state index is 0. The number of carboxylic acids is 2. The summed E-state index contributed by atoms with van der Waals surface area (Å²) in [6.45, 7) is -1.12. The van der Waals surface area contributed by atoms with Crippen molar-refractivity contribution < 1.29 is 83.5 Å². The zero-order valence-electron chi connectivity index (χ0n) is 9.02. The average molecular weight is 253 g/mol. The van der Waals surface area contributed by atoms with E-state index in [0.29, 0.717) is 0 Å². The van der Waals surface area contributed by atoms with E-state index < -0.39 is 36.2 Å². The van der Waals surface area contributed by atoms with Crippen molar-refractivity contribution in [1.29, 1.82) is 0 Å². The number of hydrogen-bond acceptors (Lipinski definition) is 6. The Morgan fingerprint density at radius 1 is 1.13 bits per heavy atom. The van der Waals surface area contributed by atoms with Crippen LogP contribution in [0.3, 0.4) is 0 Å². The van der Waals surface area contributed by atoms with Crippen LogP contribution in [0.1, 0.15) is 0 Å². The number of nitrogens with zero attached hydrogens (tertiary/aromatic N) is 1. The van der Waals surface area contributed by atoms with Gasteiger partial charge in [-0.15, -0.1) is 0 Å².